The van der Waals surface area contributed by atoms with Gasteiger partial charge in [0.2, 0.25) is 5.91 Å². The van der Waals surface area contributed by atoms with Crippen LogP contribution in [0.3, 0.4) is 0 Å². The quantitative estimate of drug-likeness (QED) is 0.0522. The summed E-state index contributed by atoms with van der Waals surface area (Å²) in [4.78, 5) is 63.4. The standard InChI is InChI=1S/C44H59N5O12S2/c1-3-62-23-18-46-41(55)32-15-16-33(36(25-32)59-20-7-17-45)42(56)47-19-24-63-22-8-21-60-44(43(57)58)26-34(51)37(49-28(2)50)39(61-44)38(53)35(52)27-48-40(54)31-13-11-30(12-14-31)29-9-5-4-6-10-29/h4-6,9-16,25,34-35,37-39,51-53H,3,7-8,17-24,26-27,45H2,1-2H3,(H,46,55)(H,47,56)(H,48,54)(H,49,50)(H,57,58)/t34-,35+,37+,38+,39+,44+/m0/s1. The number of amides is 4. The molecule has 344 valence electrons. The Labute approximate surface area is 375 Å². The SMILES string of the molecule is CCSCCNC(=O)c1ccc(C(=O)NCCSCCCO[C@]2(C(=O)O)C[C@H](O)[C@@H](NC(C)=O)[C@H]([C@H](O)[C@H](O)CNC(=O)c3ccc(-c4ccccc4)cc3)O2)c(OCCCN)c1. The minimum atomic E-state index is -2.45. The molecule has 10 N–H and O–H groups in total. The zero-order valence-electron chi connectivity index (χ0n) is 35.5. The maximum absolute atomic E-state index is 13.1. The molecule has 1 aliphatic heterocycles. The Morgan fingerprint density at radius 1 is 0.841 bits per heavy atom. The van der Waals surface area contributed by atoms with Gasteiger partial charge in [0.1, 0.15) is 18.0 Å². The number of benzene rings is 3. The van der Waals surface area contributed by atoms with E-state index in [0.717, 1.165) is 22.6 Å². The minimum Gasteiger partial charge on any atom is -0.493 e. The molecule has 0 saturated carbocycles. The number of hydrogen-bond donors (Lipinski definition) is 9. The van der Waals surface area contributed by atoms with Crippen LogP contribution in [0.4, 0.5) is 0 Å². The van der Waals surface area contributed by atoms with Crippen LogP contribution < -0.4 is 31.7 Å². The van der Waals surface area contributed by atoms with E-state index < -0.39 is 67.0 Å². The van der Waals surface area contributed by atoms with E-state index in [4.69, 9.17) is 19.9 Å². The van der Waals surface area contributed by atoms with Crippen LogP contribution in [-0.2, 0) is 19.1 Å². The van der Waals surface area contributed by atoms with Crippen LogP contribution in [0.25, 0.3) is 11.1 Å². The third-order valence-corrected chi connectivity index (χ3v) is 11.8. The van der Waals surface area contributed by atoms with E-state index in [1.54, 1.807) is 54.2 Å². The topological polar surface area (TPSA) is 268 Å². The molecule has 3 aromatic rings. The predicted molar refractivity (Wildman–Crippen MR) is 241 cm³/mol. The number of carbonyl (C=O) groups excluding carboxylic acids is 4. The van der Waals surface area contributed by atoms with Crippen molar-refractivity contribution in [3.05, 3.63) is 89.5 Å². The van der Waals surface area contributed by atoms with Gasteiger partial charge in [-0.05, 0) is 72.4 Å². The van der Waals surface area contributed by atoms with Gasteiger partial charge in [-0.2, -0.15) is 23.5 Å². The first-order valence-corrected chi connectivity index (χ1v) is 23.1. The Balaban J connectivity index is 1.27. The number of nitrogens with two attached hydrogens (primary N) is 1. The highest BCUT2D eigenvalue weighted by Crippen LogP contribution is 2.34. The van der Waals surface area contributed by atoms with Crippen molar-refractivity contribution in [3.8, 4) is 16.9 Å². The highest BCUT2D eigenvalue weighted by Gasteiger charge is 2.55. The summed E-state index contributed by atoms with van der Waals surface area (Å²) >= 11 is 3.17. The van der Waals surface area contributed by atoms with Crippen molar-refractivity contribution in [1.29, 1.82) is 0 Å². The van der Waals surface area contributed by atoms with Crippen molar-refractivity contribution in [1.82, 2.24) is 21.3 Å². The number of carbonyl (C=O) groups is 5. The smallest absolute Gasteiger partial charge is 0.364 e. The zero-order valence-corrected chi connectivity index (χ0v) is 37.1. The predicted octanol–water partition coefficient (Wildman–Crippen LogP) is 2.02. The second-order valence-electron chi connectivity index (χ2n) is 14.6. The summed E-state index contributed by atoms with van der Waals surface area (Å²) in [5.74, 6) is -2.88. The summed E-state index contributed by atoms with van der Waals surface area (Å²) in [6.45, 7) is 4.05. The molecule has 1 heterocycles. The number of aliphatic hydroxyl groups excluding tert-OH is 3. The molecule has 0 unspecified atom stereocenters. The molecule has 17 nitrogen and oxygen atoms in total. The van der Waals surface area contributed by atoms with Crippen LogP contribution in [0.15, 0.2) is 72.8 Å². The van der Waals surface area contributed by atoms with Crippen LogP contribution in [0, 0.1) is 0 Å². The van der Waals surface area contributed by atoms with E-state index in [1.165, 1.54) is 18.7 Å². The number of hydrogen-bond acceptors (Lipinski definition) is 14. The van der Waals surface area contributed by atoms with Gasteiger partial charge in [-0.15, -0.1) is 0 Å². The Kier molecular flexibility index (Phi) is 21.1. The minimum absolute atomic E-state index is 0.144. The number of thioether (sulfide) groups is 2. The summed E-state index contributed by atoms with van der Waals surface area (Å²) in [6.07, 6.45) is -6.57. The van der Waals surface area contributed by atoms with E-state index in [0.29, 0.717) is 43.0 Å². The fourth-order valence-corrected chi connectivity index (χ4v) is 7.89. The van der Waals surface area contributed by atoms with Crippen molar-refractivity contribution in [3.63, 3.8) is 0 Å². The van der Waals surface area contributed by atoms with Gasteiger partial charge < -0.3 is 61.6 Å². The Hall–Kier alpha value is -4.73. The highest BCUT2D eigenvalue weighted by molar-refractivity contribution is 7.99. The lowest BCUT2D eigenvalue weighted by Gasteiger charge is -2.46. The van der Waals surface area contributed by atoms with Crippen molar-refractivity contribution in [2.75, 3.05) is 62.4 Å². The molecular formula is C44H59N5O12S2. The lowest BCUT2D eigenvalue weighted by atomic mass is 9.88. The average Bonchev–Trinajstić information content (AvgIpc) is 3.28. The van der Waals surface area contributed by atoms with Crippen molar-refractivity contribution in [2.24, 2.45) is 5.73 Å². The lowest BCUT2D eigenvalue weighted by Crippen LogP contribution is -2.68. The third-order valence-electron chi connectivity index (χ3n) is 9.86. The van der Waals surface area contributed by atoms with Gasteiger partial charge in [0, 0.05) is 55.6 Å². The first kappa shape index (κ1) is 50.9. The summed E-state index contributed by atoms with van der Waals surface area (Å²) < 4.78 is 17.4. The average molecular weight is 914 g/mol. The number of nitrogens with one attached hydrogen (secondary N) is 4. The molecule has 1 saturated heterocycles. The number of aliphatic hydroxyl groups is 3. The third kappa shape index (κ3) is 15.5. The molecule has 0 spiro atoms. The van der Waals surface area contributed by atoms with Crippen molar-refractivity contribution in [2.45, 2.75) is 69.4 Å². The van der Waals surface area contributed by atoms with E-state index in [2.05, 4.69) is 21.3 Å². The van der Waals surface area contributed by atoms with Gasteiger partial charge in [-0.25, -0.2) is 4.79 Å². The summed E-state index contributed by atoms with van der Waals surface area (Å²) in [5.41, 5.74) is 8.39. The Morgan fingerprint density at radius 3 is 2.16 bits per heavy atom. The van der Waals surface area contributed by atoms with E-state index in [9.17, 15) is 44.4 Å². The van der Waals surface area contributed by atoms with Gasteiger partial charge in [-0.1, -0.05) is 49.4 Å². The normalized spacial score (nSPS) is 19.3. The summed E-state index contributed by atoms with van der Waals surface area (Å²) in [7, 11) is 0. The summed E-state index contributed by atoms with van der Waals surface area (Å²) in [6, 6.07) is 19.6. The maximum Gasteiger partial charge on any atom is 0.364 e. The van der Waals surface area contributed by atoms with Gasteiger partial charge in [0.15, 0.2) is 0 Å². The van der Waals surface area contributed by atoms with Crippen LogP contribution in [0.1, 0.15) is 64.2 Å². The lowest BCUT2D eigenvalue weighted by molar-refractivity contribution is -0.310. The molecule has 0 aliphatic carbocycles. The number of ether oxygens (including phenoxy) is 3. The molecule has 0 bridgehead atoms. The van der Waals surface area contributed by atoms with Crippen LogP contribution in [-0.4, -0.2) is 149 Å². The monoisotopic (exact) mass is 913 g/mol. The molecule has 3 aromatic carbocycles. The second kappa shape index (κ2) is 26.2. The Bertz CT molecular complexity index is 1950. The zero-order chi connectivity index (χ0) is 45.8. The molecule has 4 rings (SSSR count). The molecular weight excluding hydrogens is 855 g/mol. The molecule has 4 amide bonds. The Morgan fingerprint density at radius 2 is 1.49 bits per heavy atom. The largest absolute Gasteiger partial charge is 0.493 e. The van der Waals surface area contributed by atoms with Crippen molar-refractivity contribution >= 4 is 53.1 Å². The summed E-state index contributed by atoms with van der Waals surface area (Å²) in [5, 5.41) is 54.3. The van der Waals surface area contributed by atoms with Crippen LogP contribution in [0.2, 0.25) is 0 Å². The van der Waals surface area contributed by atoms with E-state index in [1.807, 2.05) is 37.3 Å². The fraction of sp³-hybridized carbons (Fsp3) is 0.477. The first-order chi connectivity index (χ1) is 30.3. The number of carboxylic acid groups (broad SMARTS) is 1. The molecule has 63 heavy (non-hydrogen) atoms. The van der Waals surface area contributed by atoms with Gasteiger partial charge in [-0.3, -0.25) is 19.2 Å². The first-order valence-electron chi connectivity index (χ1n) is 20.8. The number of carboxylic acids is 1. The molecule has 6 atom stereocenters. The maximum atomic E-state index is 13.1. The second-order valence-corrected chi connectivity index (χ2v) is 17.2. The fourth-order valence-electron chi connectivity index (χ4n) is 6.58. The molecule has 1 aliphatic rings. The van der Waals surface area contributed by atoms with Gasteiger partial charge in [0.05, 0.1) is 37.0 Å². The number of aliphatic carboxylic acids is 1. The van der Waals surface area contributed by atoms with Gasteiger partial charge >= 0.3 is 5.97 Å². The molecule has 0 aromatic heterocycles. The van der Waals surface area contributed by atoms with E-state index >= 15 is 0 Å². The number of rotatable bonds is 26. The highest BCUT2D eigenvalue weighted by atomic mass is 32.2. The van der Waals surface area contributed by atoms with E-state index in [-0.39, 0.29) is 48.4 Å². The van der Waals surface area contributed by atoms with Crippen molar-refractivity contribution < 1.29 is 58.6 Å². The van der Waals surface area contributed by atoms with Gasteiger partial charge in [0.25, 0.3) is 23.5 Å². The molecule has 0 radical (unpaired) electrons. The van der Waals surface area contributed by atoms with Crippen LogP contribution in [0.5, 0.6) is 5.75 Å². The molecule has 19 heteroatoms. The molecule has 1 fully saturated rings. The van der Waals surface area contributed by atoms with Crippen LogP contribution >= 0.6 is 23.5 Å².